The average molecular weight is 424 g/mol. The zero-order chi connectivity index (χ0) is 21.6. The van der Waals surface area contributed by atoms with Crippen LogP contribution in [0.1, 0.15) is 48.9 Å². The van der Waals surface area contributed by atoms with Crippen LogP contribution in [0.5, 0.6) is 5.75 Å². The molecule has 2 aliphatic heterocycles. The Kier molecular flexibility index (Phi) is 7.07. The first-order valence-electron chi connectivity index (χ1n) is 11.6. The number of carbonyl (C=O) groups is 2. The number of nitrogens with zero attached hydrogens (tertiary/aromatic N) is 1. The van der Waals surface area contributed by atoms with Gasteiger partial charge < -0.3 is 20.7 Å². The van der Waals surface area contributed by atoms with E-state index in [1.165, 1.54) is 19.3 Å². The molecular weight excluding hydrogens is 390 g/mol. The molecule has 31 heavy (non-hydrogen) atoms. The van der Waals surface area contributed by atoms with Crippen LogP contribution in [0, 0.1) is 11.8 Å². The maximum absolute atomic E-state index is 12.9. The molecule has 2 aromatic carbocycles. The van der Waals surface area contributed by atoms with Crippen LogP contribution >= 0.6 is 0 Å². The fraction of sp³-hybridized carbons (Fsp3) is 0.520. The SMILES string of the molecule is NC(=O)C1CCN(C(=O)c2ccc3cc(OCCCC4CCCNC4)ccc3c2)CC1. The molecule has 2 heterocycles. The smallest absolute Gasteiger partial charge is 0.253 e. The molecule has 6 nitrogen and oxygen atoms in total. The lowest BCUT2D eigenvalue weighted by molar-refractivity contribution is -0.123. The fourth-order valence-corrected chi connectivity index (χ4v) is 4.73. The van der Waals surface area contributed by atoms with Crippen LogP contribution in [-0.4, -0.2) is 49.5 Å². The molecule has 0 spiro atoms. The maximum Gasteiger partial charge on any atom is 0.253 e. The Morgan fingerprint density at radius 3 is 2.58 bits per heavy atom. The van der Waals surface area contributed by atoms with Crippen molar-refractivity contribution in [3.63, 3.8) is 0 Å². The van der Waals surface area contributed by atoms with Gasteiger partial charge in [0.1, 0.15) is 5.75 Å². The van der Waals surface area contributed by atoms with E-state index >= 15 is 0 Å². The highest BCUT2D eigenvalue weighted by atomic mass is 16.5. The van der Waals surface area contributed by atoms with Crippen LogP contribution in [0.3, 0.4) is 0 Å². The second-order valence-corrected chi connectivity index (χ2v) is 8.90. The van der Waals surface area contributed by atoms with Crippen LogP contribution in [0.4, 0.5) is 0 Å². The Balaban J connectivity index is 1.31. The highest BCUT2D eigenvalue weighted by Gasteiger charge is 2.26. The summed E-state index contributed by atoms with van der Waals surface area (Å²) in [6.07, 6.45) is 6.19. The Labute approximate surface area is 184 Å². The van der Waals surface area contributed by atoms with E-state index in [0.29, 0.717) is 31.5 Å². The molecule has 2 aliphatic rings. The quantitative estimate of drug-likeness (QED) is 0.669. The van der Waals surface area contributed by atoms with E-state index in [4.69, 9.17) is 10.5 Å². The lowest BCUT2D eigenvalue weighted by Gasteiger charge is -2.30. The Bertz CT molecular complexity index is 915. The number of nitrogens with one attached hydrogen (secondary N) is 1. The Hall–Kier alpha value is -2.60. The first-order chi connectivity index (χ1) is 15.1. The minimum Gasteiger partial charge on any atom is -0.494 e. The second-order valence-electron chi connectivity index (χ2n) is 8.90. The summed E-state index contributed by atoms with van der Waals surface area (Å²) in [5.41, 5.74) is 6.07. The molecule has 166 valence electrons. The zero-order valence-electron chi connectivity index (χ0n) is 18.1. The number of hydrogen-bond donors (Lipinski definition) is 2. The summed E-state index contributed by atoms with van der Waals surface area (Å²) in [7, 11) is 0. The molecular formula is C25H33N3O3. The molecule has 0 aromatic heterocycles. The van der Waals surface area contributed by atoms with Crippen LogP contribution in [0.2, 0.25) is 0 Å². The molecule has 2 aromatic rings. The molecule has 2 fully saturated rings. The van der Waals surface area contributed by atoms with E-state index in [-0.39, 0.29) is 17.7 Å². The number of nitrogens with two attached hydrogens (primary N) is 1. The monoisotopic (exact) mass is 423 g/mol. The predicted molar refractivity (Wildman–Crippen MR) is 122 cm³/mol. The number of carbonyl (C=O) groups excluding carboxylic acids is 2. The first-order valence-corrected chi connectivity index (χ1v) is 11.6. The summed E-state index contributed by atoms with van der Waals surface area (Å²) in [4.78, 5) is 26.0. The molecule has 0 bridgehead atoms. The summed E-state index contributed by atoms with van der Waals surface area (Å²) in [6.45, 7) is 4.19. The van der Waals surface area contributed by atoms with Crippen molar-refractivity contribution in [2.24, 2.45) is 17.6 Å². The van der Waals surface area contributed by atoms with Crippen molar-refractivity contribution in [2.75, 3.05) is 32.8 Å². The third-order valence-corrected chi connectivity index (χ3v) is 6.67. The normalized spacial score (nSPS) is 20.0. The number of hydrogen-bond acceptors (Lipinski definition) is 4. The predicted octanol–water partition coefficient (Wildman–Crippen LogP) is 3.34. The average Bonchev–Trinajstić information content (AvgIpc) is 2.81. The van der Waals surface area contributed by atoms with Gasteiger partial charge in [-0.15, -0.1) is 0 Å². The van der Waals surface area contributed by atoms with E-state index in [0.717, 1.165) is 48.6 Å². The zero-order valence-corrected chi connectivity index (χ0v) is 18.1. The highest BCUT2D eigenvalue weighted by molar-refractivity contribution is 5.99. The van der Waals surface area contributed by atoms with E-state index in [9.17, 15) is 9.59 Å². The molecule has 3 N–H and O–H groups in total. The van der Waals surface area contributed by atoms with Gasteiger partial charge in [0.15, 0.2) is 0 Å². The van der Waals surface area contributed by atoms with Gasteiger partial charge in [0.05, 0.1) is 6.61 Å². The van der Waals surface area contributed by atoms with Gasteiger partial charge >= 0.3 is 0 Å². The lowest BCUT2D eigenvalue weighted by atomic mass is 9.95. The maximum atomic E-state index is 12.9. The summed E-state index contributed by atoms with van der Waals surface area (Å²) in [6, 6.07) is 11.9. The number of fused-ring (bicyclic) bond motifs is 1. The van der Waals surface area contributed by atoms with Gasteiger partial charge in [-0.1, -0.05) is 12.1 Å². The molecule has 6 heteroatoms. The van der Waals surface area contributed by atoms with Crippen molar-refractivity contribution in [3.05, 3.63) is 42.0 Å². The topological polar surface area (TPSA) is 84.7 Å². The number of rotatable bonds is 7. The van der Waals surface area contributed by atoms with Gasteiger partial charge in [-0.2, -0.15) is 0 Å². The molecule has 0 radical (unpaired) electrons. The van der Waals surface area contributed by atoms with Gasteiger partial charge in [0, 0.05) is 24.6 Å². The number of primary amides is 1. The lowest BCUT2D eigenvalue weighted by Crippen LogP contribution is -2.41. The molecule has 2 amide bonds. The second kappa shape index (κ2) is 10.1. The Morgan fingerprint density at radius 1 is 1.06 bits per heavy atom. The number of piperidine rings is 2. The van der Waals surface area contributed by atoms with E-state index in [1.54, 1.807) is 0 Å². The molecule has 4 rings (SSSR count). The highest BCUT2D eigenvalue weighted by Crippen LogP contribution is 2.25. The van der Waals surface area contributed by atoms with Crippen LogP contribution in [0.15, 0.2) is 36.4 Å². The van der Waals surface area contributed by atoms with Crippen molar-refractivity contribution in [3.8, 4) is 5.75 Å². The van der Waals surface area contributed by atoms with E-state index in [2.05, 4.69) is 5.32 Å². The van der Waals surface area contributed by atoms with Gasteiger partial charge in [0.25, 0.3) is 5.91 Å². The molecule has 2 saturated heterocycles. The summed E-state index contributed by atoms with van der Waals surface area (Å²) >= 11 is 0. The third kappa shape index (κ3) is 5.56. The van der Waals surface area contributed by atoms with Crippen LogP contribution < -0.4 is 15.8 Å². The van der Waals surface area contributed by atoms with Crippen molar-refractivity contribution in [1.82, 2.24) is 10.2 Å². The van der Waals surface area contributed by atoms with Gasteiger partial charge in [0.2, 0.25) is 5.91 Å². The number of ether oxygens (including phenoxy) is 1. The van der Waals surface area contributed by atoms with Gasteiger partial charge in [-0.05, 0) is 92.6 Å². The van der Waals surface area contributed by atoms with Gasteiger partial charge in [-0.25, -0.2) is 0 Å². The summed E-state index contributed by atoms with van der Waals surface area (Å²) in [5.74, 6) is 1.30. The summed E-state index contributed by atoms with van der Waals surface area (Å²) in [5, 5.41) is 5.56. The molecule has 0 saturated carbocycles. The Morgan fingerprint density at radius 2 is 1.84 bits per heavy atom. The summed E-state index contributed by atoms with van der Waals surface area (Å²) < 4.78 is 5.97. The minimum atomic E-state index is -0.262. The number of benzene rings is 2. The van der Waals surface area contributed by atoms with Gasteiger partial charge in [-0.3, -0.25) is 9.59 Å². The van der Waals surface area contributed by atoms with Crippen molar-refractivity contribution in [1.29, 1.82) is 0 Å². The van der Waals surface area contributed by atoms with Crippen molar-refractivity contribution >= 4 is 22.6 Å². The molecule has 1 unspecified atom stereocenters. The minimum absolute atomic E-state index is 0.0161. The number of amides is 2. The number of likely N-dealkylation sites (tertiary alicyclic amines) is 1. The largest absolute Gasteiger partial charge is 0.494 e. The van der Waals surface area contributed by atoms with Crippen molar-refractivity contribution in [2.45, 2.75) is 38.5 Å². The van der Waals surface area contributed by atoms with Crippen LogP contribution in [0.25, 0.3) is 10.8 Å². The van der Waals surface area contributed by atoms with Crippen LogP contribution in [-0.2, 0) is 4.79 Å². The van der Waals surface area contributed by atoms with E-state index in [1.807, 2.05) is 41.3 Å². The van der Waals surface area contributed by atoms with Crippen molar-refractivity contribution < 1.29 is 14.3 Å². The van der Waals surface area contributed by atoms with E-state index < -0.39 is 0 Å². The molecule has 0 aliphatic carbocycles. The standard InChI is InChI=1S/C25H33N3O3/c26-24(29)19-9-12-28(13-10-19)25(30)22-6-5-21-16-23(8-7-20(21)15-22)31-14-2-4-18-3-1-11-27-17-18/h5-8,15-16,18-19,27H,1-4,9-14,17H2,(H2,26,29). The first kappa shape index (κ1) is 21.6. The fourth-order valence-electron chi connectivity index (χ4n) is 4.73. The third-order valence-electron chi connectivity index (χ3n) is 6.67. The molecule has 1 atom stereocenters.